The lowest BCUT2D eigenvalue weighted by molar-refractivity contribution is -0.00265. The summed E-state index contributed by atoms with van der Waals surface area (Å²) >= 11 is 0. The van der Waals surface area contributed by atoms with E-state index < -0.39 is 5.97 Å². The van der Waals surface area contributed by atoms with E-state index in [-0.39, 0.29) is 28.6 Å². The first-order valence-corrected chi connectivity index (χ1v) is 12.1. The number of hydrogen-bond acceptors (Lipinski definition) is 5. The SMILES string of the molecule is CCOC(=O)c1cn2c(cc1=O)-c1cc(OC)c(OCc3ccccc3)cc1CC21CC(C)(C)C1. The summed E-state index contributed by atoms with van der Waals surface area (Å²) in [6.07, 6.45) is 4.39. The minimum atomic E-state index is -0.574. The Morgan fingerprint density at radius 3 is 2.46 bits per heavy atom. The fourth-order valence-corrected chi connectivity index (χ4v) is 5.96. The predicted octanol–water partition coefficient (Wildman–Crippen LogP) is 5.35. The molecule has 1 spiro atoms. The molecule has 1 aromatic heterocycles. The minimum absolute atomic E-state index is 0.0814. The molecule has 182 valence electrons. The average molecular weight is 474 g/mol. The molecule has 1 fully saturated rings. The summed E-state index contributed by atoms with van der Waals surface area (Å²) in [5.74, 6) is 0.718. The Balaban J connectivity index is 1.60. The van der Waals surface area contributed by atoms with Crippen LogP contribution in [-0.4, -0.2) is 24.3 Å². The van der Waals surface area contributed by atoms with Crippen molar-refractivity contribution in [1.29, 1.82) is 0 Å². The van der Waals surface area contributed by atoms with Gasteiger partial charge in [-0.2, -0.15) is 0 Å². The number of hydrogen-bond donors (Lipinski definition) is 0. The number of fused-ring (bicyclic) bond motifs is 4. The molecular weight excluding hydrogens is 442 g/mol. The van der Waals surface area contributed by atoms with E-state index in [0.717, 1.165) is 41.6 Å². The van der Waals surface area contributed by atoms with Gasteiger partial charge in [-0.05, 0) is 54.9 Å². The highest BCUT2D eigenvalue weighted by Gasteiger charge is 2.52. The maximum absolute atomic E-state index is 13.0. The summed E-state index contributed by atoms with van der Waals surface area (Å²) in [6.45, 7) is 6.91. The number of carbonyl (C=O) groups excluding carboxylic acids is 1. The summed E-state index contributed by atoms with van der Waals surface area (Å²) in [5.41, 5.74) is 3.65. The zero-order chi connectivity index (χ0) is 24.8. The second-order valence-corrected chi connectivity index (χ2v) is 10.4. The second kappa shape index (κ2) is 8.59. The van der Waals surface area contributed by atoms with Crippen molar-refractivity contribution in [2.75, 3.05) is 13.7 Å². The van der Waals surface area contributed by atoms with Crippen molar-refractivity contribution >= 4 is 5.97 Å². The van der Waals surface area contributed by atoms with Gasteiger partial charge < -0.3 is 18.8 Å². The molecule has 6 heteroatoms. The van der Waals surface area contributed by atoms with Gasteiger partial charge in [-0.25, -0.2) is 4.79 Å². The Morgan fingerprint density at radius 2 is 1.80 bits per heavy atom. The zero-order valence-electron chi connectivity index (χ0n) is 20.7. The largest absolute Gasteiger partial charge is 0.493 e. The normalized spacial score (nSPS) is 16.6. The lowest BCUT2D eigenvalue weighted by atomic mass is 9.56. The van der Waals surface area contributed by atoms with E-state index in [0.29, 0.717) is 18.1 Å². The molecule has 0 unspecified atom stereocenters. The van der Waals surface area contributed by atoms with Gasteiger partial charge in [0.1, 0.15) is 12.2 Å². The Kier molecular flexibility index (Phi) is 5.70. The fraction of sp³-hybridized carbons (Fsp3) is 0.379. The lowest BCUT2D eigenvalue weighted by Gasteiger charge is -2.57. The first kappa shape index (κ1) is 23.2. The first-order chi connectivity index (χ1) is 16.7. The van der Waals surface area contributed by atoms with Gasteiger partial charge in [0.05, 0.1) is 19.4 Å². The molecule has 1 aliphatic carbocycles. The van der Waals surface area contributed by atoms with E-state index in [1.165, 1.54) is 0 Å². The molecule has 5 rings (SSSR count). The Bertz CT molecular complexity index is 1330. The van der Waals surface area contributed by atoms with Crippen LogP contribution in [0.5, 0.6) is 11.5 Å². The number of aromatic nitrogens is 1. The van der Waals surface area contributed by atoms with E-state index in [9.17, 15) is 9.59 Å². The van der Waals surface area contributed by atoms with Gasteiger partial charge >= 0.3 is 5.97 Å². The Labute approximate surface area is 205 Å². The highest BCUT2D eigenvalue weighted by molar-refractivity contribution is 5.89. The van der Waals surface area contributed by atoms with Crippen molar-refractivity contribution in [2.45, 2.75) is 52.2 Å². The number of nitrogens with zero attached hydrogens (tertiary/aromatic N) is 1. The first-order valence-electron chi connectivity index (χ1n) is 12.1. The number of ether oxygens (including phenoxy) is 3. The summed E-state index contributed by atoms with van der Waals surface area (Å²) in [4.78, 5) is 25.5. The smallest absolute Gasteiger partial charge is 0.343 e. The van der Waals surface area contributed by atoms with Crippen LogP contribution < -0.4 is 14.9 Å². The van der Waals surface area contributed by atoms with E-state index in [1.54, 1.807) is 26.3 Å². The molecule has 1 aliphatic heterocycles. The molecule has 3 aromatic rings. The third kappa shape index (κ3) is 4.11. The van der Waals surface area contributed by atoms with Gasteiger partial charge in [0.25, 0.3) is 0 Å². The van der Waals surface area contributed by atoms with Gasteiger partial charge in [-0.3, -0.25) is 4.79 Å². The van der Waals surface area contributed by atoms with Crippen LogP contribution in [0.15, 0.2) is 59.5 Å². The number of carbonyl (C=O) groups is 1. The van der Waals surface area contributed by atoms with Crippen molar-refractivity contribution in [3.63, 3.8) is 0 Å². The molecule has 2 heterocycles. The van der Waals surface area contributed by atoms with Gasteiger partial charge in [-0.1, -0.05) is 44.2 Å². The fourth-order valence-electron chi connectivity index (χ4n) is 5.96. The molecule has 2 aliphatic rings. The maximum atomic E-state index is 13.0. The van der Waals surface area contributed by atoms with E-state index in [2.05, 4.69) is 24.5 Å². The second-order valence-electron chi connectivity index (χ2n) is 10.4. The molecule has 1 saturated carbocycles. The maximum Gasteiger partial charge on any atom is 0.343 e. The number of esters is 1. The van der Waals surface area contributed by atoms with Crippen molar-refractivity contribution < 1.29 is 19.0 Å². The van der Waals surface area contributed by atoms with Gasteiger partial charge in [0.2, 0.25) is 0 Å². The lowest BCUT2D eigenvalue weighted by Crippen LogP contribution is -2.54. The topological polar surface area (TPSA) is 66.8 Å². The van der Waals surface area contributed by atoms with Crippen LogP contribution in [-0.2, 0) is 23.3 Å². The minimum Gasteiger partial charge on any atom is -0.493 e. The molecule has 6 nitrogen and oxygen atoms in total. The molecule has 0 bridgehead atoms. The number of methoxy groups -OCH3 is 1. The summed E-state index contributed by atoms with van der Waals surface area (Å²) in [6, 6.07) is 15.6. The van der Waals surface area contributed by atoms with Crippen molar-refractivity contribution in [3.05, 3.63) is 81.6 Å². The van der Waals surface area contributed by atoms with Crippen LogP contribution in [0.2, 0.25) is 0 Å². The quantitative estimate of drug-likeness (QED) is 0.452. The third-order valence-corrected chi connectivity index (χ3v) is 7.09. The molecular formula is C29H31NO5. The highest BCUT2D eigenvalue weighted by Crippen LogP contribution is 2.58. The van der Waals surface area contributed by atoms with Crippen LogP contribution in [0.3, 0.4) is 0 Å². The van der Waals surface area contributed by atoms with Gasteiger partial charge in [0, 0.05) is 23.4 Å². The van der Waals surface area contributed by atoms with Crippen LogP contribution in [0, 0.1) is 5.41 Å². The summed E-state index contributed by atoms with van der Waals surface area (Å²) in [5, 5.41) is 0. The molecule has 0 saturated heterocycles. The number of rotatable bonds is 6. The standard InChI is InChI=1S/C29H31NO5/c1-5-34-27(32)22-15-30-23(13-24(22)31)21-12-25(33-4)26(35-16-19-9-7-6-8-10-19)11-20(21)14-29(30)17-28(2,3)18-29/h6-13,15H,5,14,16-18H2,1-4H3. The monoisotopic (exact) mass is 473 g/mol. The van der Waals surface area contributed by atoms with Crippen molar-refractivity contribution in [3.8, 4) is 22.8 Å². The Hall–Kier alpha value is -3.54. The van der Waals surface area contributed by atoms with Crippen molar-refractivity contribution in [1.82, 2.24) is 4.57 Å². The molecule has 0 N–H and O–H groups in total. The molecule has 2 aromatic carbocycles. The zero-order valence-corrected chi connectivity index (χ0v) is 20.7. The predicted molar refractivity (Wildman–Crippen MR) is 134 cm³/mol. The highest BCUT2D eigenvalue weighted by atomic mass is 16.5. The van der Waals surface area contributed by atoms with E-state index in [4.69, 9.17) is 14.2 Å². The van der Waals surface area contributed by atoms with Crippen LogP contribution in [0.4, 0.5) is 0 Å². The molecule has 0 radical (unpaired) electrons. The van der Waals surface area contributed by atoms with E-state index in [1.807, 2.05) is 36.4 Å². The summed E-state index contributed by atoms with van der Waals surface area (Å²) in [7, 11) is 1.62. The van der Waals surface area contributed by atoms with E-state index >= 15 is 0 Å². The van der Waals surface area contributed by atoms with Gasteiger partial charge in [0.15, 0.2) is 16.9 Å². The van der Waals surface area contributed by atoms with Crippen molar-refractivity contribution in [2.24, 2.45) is 5.41 Å². The van der Waals surface area contributed by atoms with Crippen LogP contribution in [0.25, 0.3) is 11.3 Å². The van der Waals surface area contributed by atoms with Gasteiger partial charge in [-0.15, -0.1) is 0 Å². The Morgan fingerprint density at radius 1 is 1.06 bits per heavy atom. The number of pyridine rings is 1. The average Bonchev–Trinajstić information content (AvgIpc) is 2.81. The molecule has 0 atom stereocenters. The molecule has 0 amide bonds. The van der Waals surface area contributed by atoms with Crippen LogP contribution >= 0.6 is 0 Å². The summed E-state index contributed by atoms with van der Waals surface area (Å²) < 4.78 is 19.1. The van der Waals surface area contributed by atoms with Crippen LogP contribution in [0.1, 0.15) is 55.1 Å². The number of benzene rings is 2. The molecule has 35 heavy (non-hydrogen) atoms. The third-order valence-electron chi connectivity index (χ3n) is 7.09.